The third-order valence-corrected chi connectivity index (χ3v) is 7.36. The SMILES string of the molecule is O=C(O)C1=CSC2C(=Cc3cn4c5c(c(OCCOCc6ccccc6)nc4n3)CCC5)C(=O)N12. The van der Waals surface area contributed by atoms with Crippen molar-refractivity contribution in [2.45, 2.75) is 31.2 Å². The van der Waals surface area contributed by atoms with Crippen LogP contribution in [0.25, 0.3) is 11.9 Å². The van der Waals surface area contributed by atoms with Gasteiger partial charge in [0.1, 0.15) is 17.7 Å². The van der Waals surface area contributed by atoms with Gasteiger partial charge in [-0.3, -0.25) is 14.1 Å². The molecule has 1 N–H and O–H groups in total. The second-order valence-corrected chi connectivity index (χ2v) is 9.44. The lowest BCUT2D eigenvalue weighted by atomic mass is 10.0. The van der Waals surface area contributed by atoms with Crippen LogP contribution < -0.4 is 4.74 Å². The van der Waals surface area contributed by atoms with Crippen molar-refractivity contribution < 1.29 is 24.2 Å². The maximum absolute atomic E-state index is 12.5. The van der Waals surface area contributed by atoms with E-state index in [-0.39, 0.29) is 17.0 Å². The number of aliphatic carboxylic acids is 1. The predicted octanol–water partition coefficient (Wildman–Crippen LogP) is 3.04. The number of fused-ring (bicyclic) bond motifs is 4. The molecule has 2 aromatic heterocycles. The Balaban J connectivity index is 1.17. The topological polar surface area (TPSA) is 106 Å². The Bertz CT molecular complexity index is 1400. The van der Waals surface area contributed by atoms with E-state index in [0.717, 1.165) is 36.1 Å². The minimum Gasteiger partial charge on any atom is -0.477 e. The van der Waals surface area contributed by atoms with Crippen LogP contribution in [-0.4, -0.2) is 54.8 Å². The van der Waals surface area contributed by atoms with Gasteiger partial charge < -0.3 is 14.6 Å². The molecule has 1 saturated heterocycles. The van der Waals surface area contributed by atoms with Crippen molar-refractivity contribution >= 4 is 35.5 Å². The van der Waals surface area contributed by atoms with Gasteiger partial charge in [0.25, 0.3) is 5.91 Å². The summed E-state index contributed by atoms with van der Waals surface area (Å²) < 4.78 is 13.7. The molecule has 4 heterocycles. The molecule has 0 bridgehead atoms. The van der Waals surface area contributed by atoms with Gasteiger partial charge in [-0.2, -0.15) is 4.98 Å². The number of carbonyl (C=O) groups excluding carboxylic acids is 1. The molecule has 1 unspecified atom stereocenters. The van der Waals surface area contributed by atoms with Crippen LogP contribution in [0.2, 0.25) is 0 Å². The van der Waals surface area contributed by atoms with Crippen molar-refractivity contribution in [2.24, 2.45) is 0 Å². The molecular formula is C25H22N4O5S. The van der Waals surface area contributed by atoms with Crippen molar-refractivity contribution in [3.63, 3.8) is 0 Å². The Labute approximate surface area is 205 Å². The van der Waals surface area contributed by atoms with Gasteiger partial charge in [0.15, 0.2) is 0 Å². The molecule has 9 nitrogen and oxygen atoms in total. The number of ether oxygens (including phenoxy) is 2. The summed E-state index contributed by atoms with van der Waals surface area (Å²) in [4.78, 5) is 34.4. The zero-order valence-corrected chi connectivity index (χ0v) is 19.5. The first-order chi connectivity index (χ1) is 17.1. The number of carbonyl (C=O) groups is 2. The molecule has 1 aromatic carbocycles. The molecule has 10 heteroatoms. The Morgan fingerprint density at radius 1 is 1.20 bits per heavy atom. The van der Waals surface area contributed by atoms with Crippen molar-refractivity contribution in [2.75, 3.05) is 13.2 Å². The van der Waals surface area contributed by atoms with Gasteiger partial charge in [-0.05, 0) is 30.9 Å². The highest BCUT2D eigenvalue weighted by Crippen LogP contribution is 2.45. The molecule has 1 amide bonds. The average Bonchev–Trinajstić information content (AvgIpc) is 3.59. The fraction of sp³-hybridized carbons (Fsp3) is 0.280. The second kappa shape index (κ2) is 8.86. The number of nitrogens with zero attached hydrogens (tertiary/aromatic N) is 4. The summed E-state index contributed by atoms with van der Waals surface area (Å²) in [5.41, 5.74) is 4.50. The highest BCUT2D eigenvalue weighted by Gasteiger charge is 2.49. The quantitative estimate of drug-likeness (QED) is 0.292. The Kier molecular flexibility index (Phi) is 5.54. The van der Waals surface area contributed by atoms with Crippen LogP contribution >= 0.6 is 11.8 Å². The fourth-order valence-corrected chi connectivity index (χ4v) is 5.74. The van der Waals surface area contributed by atoms with E-state index in [1.165, 1.54) is 22.1 Å². The number of rotatable bonds is 8. The molecule has 35 heavy (non-hydrogen) atoms. The lowest BCUT2D eigenvalue weighted by molar-refractivity contribution is -0.141. The molecule has 6 rings (SSSR count). The van der Waals surface area contributed by atoms with Gasteiger partial charge in [-0.25, -0.2) is 9.78 Å². The van der Waals surface area contributed by atoms with Gasteiger partial charge in [0, 0.05) is 22.9 Å². The summed E-state index contributed by atoms with van der Waals surface area (Å²) in [5.74, 6) is -0.295. The molecule has 0 radical (unpaired) electrons. The fourth-order valence-electron chi connectivity index (χ4n) is 4.62. The van der Waals surface area contributed by atoms with Crippen LogP contribution in [0.1, 0.15) is 28.9 Å². The average molecular weight is 491 g/mol. The van der Waals surface area contributed by atoms with E-state index in [0.29, 0.717) is 42.7 Å². The third kappa shape index (κ3) is 3.88. The highest BCUT2D eigenvalue weighted by atomic mass is 32.2. The molecule has 2 aliphatic heterocycles. The van der Waals surface area contributed by atoms with Crippen LogP contribution in [0.5, 0.6) is 5.88 Å². The maximum atomic E-state index is 12.5. The molecule has 3 aromatic rings. The number of aryl methyl sites for hydroxylation is 1. The summed E-state index contributed by atoms with van der Waals surface area (Å²) in [7, 11) is 0. The Morgan fingerprint density at radius 3 is 2.89 bits per heavy atom. The predicted molar refractivity (Wildman–Crippen MR) is 129 cm³/mol. The standard InChI is InChI=1S/C25H22N4O5S/c30-22-18(23-29(22)20(14-35-23)24(31)32)11-16-12-28-19-8-4-7-17(19)21(27-25(28)26-16)34-10-9-33-13-15-5-2-1-3-6-15/h1-3,5-6,11-12,14,23H,4,7-10,13H2,(H,31,32). The largest absolute Gasteiger partial charge is 0.477 e. The van der Waals surface area contributed by atoms with Crippen molar-refractivity contribution in [1.29, 1.82) is 0 Å². The third-order valence-electron chi connectivity index (χ3n) is 6.28. The van der Waals surface area contributed by atoms with Gasteiger partial charge in [0.05, 0.1) is 24.5 Å². The zero-order chi connectivity index (χ0) is 23.9. The molecule has 1 aliphatic carbocycles. The Morgan fingerprint density at radius 2 is 2.06 bits per heavy atom. The number of hydrogen-bond donors (Lipinski definition) is 1. The number of carboxylic acid groups (broad SMARTS) is 1. The van der Waals surface area contributed by atoms with Gasteiger partial charge in [0.2, 0.25) is 11.7 Å². The molecular weight excluding hydrogens is 468 g/mol. The monoisotopic (exact) mass is 490 g/mol. The number of carboxylic acids is 1. The normalized spacial score (nSPS) is 19.6. The van der Waals surface area contributed by atoms with Crippen molar-refractivity contribution in [3.8, 4) is 5.88 Å². The highest BCUT2D eigenvalue weighted by molar-refractivity contribution is 8.03. The molecule has 3 aliphatic rings. The lowest BCUT2D eigenvalue weighted by Crippen LogP contribution is -2.51. The van der Waals surface area contributed by atoms with Crippen molar-refractivity contribution in [3.05, 3.63) is 75.7 Å². The number of β-lactam (4-membered cyclic amide) rings is 1. The van der Waals surface area contributed by atoms with E-state index in [9.17, 15) is 14.7 Å². The van der Waals surface area contributed by atoms with Crippen LogP contribution in [0.4, 0.5) is 0 Å². The van der Waals surface area contributed by atoms with E-state index in [1.54, 1.807) is 6.08 Å². The minimum absolute atomic E-state index is 0.0196. The molecule has 178 valence electrons. The molecule has 1 fully saturated rings. The number of hydrogen-bond acceptors (Lipinski definition) is 7. The summed E-state index contributed by atoms with van der Waals surface area (Å²) in [6, 6.07) is 10.00. The van der Waals surface area contributed by atoms with E-state index in [4.69, 9.17) is 9.47 Å². The summed E-state index contributed by atoms with van der Waals surface area (Å²) >= 11 is 1.31. The summed E-state index contributed by atoms with van der Waals surface area (Å²) in [6.07, 6.45) is 6.42. The Hall–Kier alpha value is -3.63. The summed E-state index contributed by atoms with van der Waals surface area (Å²) in [5, 5.41) is 10.4. The lowest BCUT2D eigenvalue weighted by Gasteiger charge is -2.36. The molecule has 0 saturated carbocycles. The van der Waals surface area contributed by atoms with E-state index in [1.807, 2.05) is 40.9 Å². The number of benzene rings is 1. The van der Waals surface area contributed by atoms with Crippen LogP contribution in [-0.2, 0) is 33.8 Å². The first-order valence-corrected chi connectivity index (χ1v) is 12.3. The number of aromatic nitrogens is 3. The maximum Gasteiger partial charge on any atom is 0.353 e. The van der Waals surface area contributed by atoms with E-state index in [2.05, 4.69) is 9.97 Å². The van der Waals surface area contributed by atoms with Crippen LogP contribution in [0.3, 0.4) is 0 Å². The van der Waals surface area contributed by atoms with Gasteiger partial charge >= 0.3 is 5.97 Å². The first kappa shape index (κ1) is 21.9. The molecule has 0 spiro atoms. The van der Waals surface area contributed by atoms with Gasteiger partial charge in [-0.1, -0.05) is 30.3 Å². The van der Waals surface area contributed by atoms with E-state index < -0.39 is 5.97 Å². The van der Waals surface area contributed by atoms with Crippen LogP contribution in [0, 0.1) is 0 Å². The smallest absolute Gasteiger partial charge is 0.353 e. The first-order valence-electron chi connectivity index (χ1n) is 11.4. The number of imidazole rings is 1. The zero-order valence-electron chi connectivity index (χ0n) is 18.7. The summed E-state index contributed by atoms with van der Waals surface area (Å²) in [6.45, 7) is 1.38. The van der Waals surface area contributed by atoms with Crippen molar-refractivity contribution in [1.82, 2.24) is 19.3 Å². The minimum atomic E-state index is -1.10. The second-order valence-electron chi connectivity index (χ2n) is 8.49. The van der Waals surface area contributed by atoms with E-state index >= 15 is 0 Å². The number of thioether (sulfide) groups is 1. The van der Waals surface area contributed by atoms with Gasteiger partial charge in [-0.15, -0.1) is 11.8 Å². The number of amides is 1. The molecule has 1 atom stereocenters. The van der Waals surface area contributed by atoms with Crippen LogP contribution in [0.15, 0.2) is 53.2 Å².